The van der Waals surface area contributed by atoms with Crippen molar-refractivity contribution in [3.8, 4) is 5.75 Å². The van der Waals surface area contributed by atoms with E-state index < -0.39 is 23.8 Å². The lowest BCUT2D eigenvalue weighted by molar-refractivity contribution is -0.137. The average molecular weight is 445 g/mol. The monoisotopic (exact) mass is 445 g/mol. The highest BCUT2D eigenvalue weighted by Crippen LogP contribution is 2.28. The molecule has 0 aliphatic rings. The average Bonchev–Trinajstić information content (AvgIpc) is 3.08. The largest absolute Gasteiger partial charge is 0.496 e. The summed E-state index contributed by atoms with van der Waals surface area (Å²) in [4.78, 5) is 50.5. The third-order valence-corrected chi connectivity index (χ3v) is 6.24. The summed E-state index contributed by atoms with van der Waals surface area (Å²) in [5, 5.41) is 12.1. The fourth-order valence-electron chi connectivity index (χ4n) is 3.47. The number of aryl methyl sites for hydroxylation is 3. The van der Waals surface area contributed by atoms with Crippen LogP contribution in [0.5, 0.6) is 5.75 Å². The lowest BCUT2D eigenvalue weighted by atomic mass is 10.1. The van der Waals surface area contributed by atoms with Crippen molar-refractivity contribution in [3.63, 3.8) is 0 Å². The first kappa shape index (κ1) is 22.3. The maximum atomic E-state index is 13.1. The van der Waals surface area contributed by atoms with E-state index in [0.717, 1.165) is 16.9 Å². The molecule has 164 valence electrons. The Kier molecular flexibility index (Phi) is 6.59. The standard InChI is InChI=1S/C21H23N3O6S/c1-4-22-18(27)17-12(2)16-19(28)24(11-15(25)26)21(29)23(20(16)31-17)10-9-13-7-5-6-8-14(13)30-3/h5-8H,4,9-11H2,1-3H3,(H,22,27)(H,25,26). The summed E-state index contributed by atoms with van der Waals surface area (Å²) in [5.74, 6) is -0.975. The molecular weight excluding hydrogens is 422 g/mol. The Bertz CT molecular complexity index is 1270. The number of carbonyl (C=O) groups excluding carboxylic acids is 1. The van der Waals surface area contributed by atoms with Crippen LogP contribution in [0.25, 0.3) is 10.2 Å². The van der Waals surface area contributed by atoms with E-state index in [9.17, 15) is 24.3 Å². The number of nitrogens with one attached hydrogen (secondary N) is 1. The van der Waals surface area contributed by atoms with Crippen LogP contribution < -0.4 is 21.3 Å². The number of hydrogen-bond donors (Lipinski definition) is 2. The van der Waals surface area contributed by atoms with Crippen LogP contribution in [-0.2, 0) is 24.3 Å². The highest BCUT2D eigenvalue weighted by Gasteiger charge is 2.23. The van der Waals surface area contributed by atoms with Gasteiger partial charge in [0.1, 0.15) is 17.1 Å². The number of ether oxygens (including phenoxy) is 1. The van der Waals surface area contributed by atoms with E-state index in [0.29, 0.717) is 38.6 Å². The number of methoxy groups -OCH3 is 1. The van der Waals surface area contributed by atoms with E-state index in [1.165, 1.54) is 4.57 Å². The molecule has 2 N–H and O–H groups in total. The molecular formula is C21H23N3O6S. The summed E-state index contributed by atoms with van der Waals surface area (Å²) >= 11 is 1.06. The van der Waals surface area contributed by atoms with Gasteiger partial charge in [-0.25, -0.2) is 9.36 Å². The number of fused-ring (bicyclic) bond motifs is 1. The number of carbonyl (C=O) groups is 2. The Morgan fingerprint density at radius 1 is 1.19 bits per heavy atom. The Morgan fingerprint density at radius 2 is 1.90 bits per heavy atom. The zero-order valence-corrected chi connectivity index (χ0v) is 18.2. The van der Waals surface area contributed by atoms with Gasteiger partial charge in [-0.15, -0.1) is 11.3 Å². The lowest BCUT2D eigenvalue weighted by Crippen LogP contribution is -2.41. The molecule has 0 atom stereocenters. The molecule has 1 amide bonds. The number of hydrogen-bond acceptors (Lipinski definition) is 6. The Labute approximate surface area is 181 Å². The van der Waals surface area contributed by atoms with Crippen LogP contribution in [0.1, 0.15) is 27.7 Å². The van der Waals surface area contributed by atoms with Crippen LogP contribution in [0, 0.1) is 6.92 Å². The molecule has 0 saturated heterocycles. The van der Waals surface area contributed by atoms with Crippen molar-refractivity contribution in [2.75, 3.05) is 13.7 Å². The van der Waals surface area contributed by atoms with Gasteiger partial charge < -0.3 is 15.2 Å². The number of aromatic nitrogens is 2. The van der Waals surface area contributed by atoms with E-state index in [2.05, 4.69) is 5.32 Å². The Morgan fingerprint density at radius 3 is 2.55 bits per heavy atom. The fourth-order valence-corrected chi connectivity index (χ4v) is 4.70. The SMILES string of the molecule is CCNC(=O)c1sc2c(c1C)c(=O)n(CC(=O)O)c(=O)n2CCc1ccccc1OC. The van der Waals surface area contributed by atoms with E-state index in [1.807, 2.05) is 24.3 Å². The van der Waals surface area contributed by atoms with Crippen LogP contribution in [0.3, 0.4) is 0 Å². The maximum absolute atomic E-state index is 13.1. The minimum Gasteiger partial charge on any atom is -0.496 e. The number of nitrogens with zero attached hydrogens (tertiary/aromatic N) is 2. The molecule has 9 nitrogen and oxygen atoms in total. The van der Waals surface area contributed by atoms with E-state index in [-0.39, 0.29) is 17.8 Å². The van der Waals surface area contributed by atoms with Crippen LogP contribution in [0.2, 0.25) is 0 Å². The van der Waals surface area contributed by atoms with Crippen LogP contribution >= 0.6 is 11.3 Å². The maximum Gasteiger partial charge on any atom is 0.332 e. The molecule has 0 fully saturated rings. The molecule has 0 radical (unpaired) electrons. The van der Waals surface area contributed by atoms with Gasteiger partial charge in [0, 0.05) is 13.1 Å². The van der Waals surface area contributed by atoms with Gasteiger partial charge in [0.25, 0.3) is 11.5 Å². The number of para-hydroxylation sites is 1. The number of carboxylic acids is 1. The van der Waals surface area contributed by atoms with Gasteiger partial charge in [0.05, 0.1) is 17.4 Å². The molecule has 0 unspecified atom stereocenters. The zero-order chi connectivity index (χ0) is 22.7. The van der Waals surface area contributed by atoms with Crippen molar-refractivity contribution >= 4 is 33.4 Å². The van der Waals surface area contributed by atoms with Crippen LogP contribution in [-0.4, -0.2) is 39.8 Å². The quantitative estimate of drug-likeness (QED) is 0.544. The predicted octanol–water partition coefficient (Wildman–Crippen LogP) is 1.62. The minimum atomic E-state index is -1.30. The smallest absolute Gasteiger partial charge is 0.332 e. The first-order valence-electron chi connectivity index (χ1n) is 9.68. The summed E-state index contributed by atoms with van der Waals surface area (Å²) < 4.78 is 7.43. The van der Waals surface area contributed by atoms with Gasteiger partial charge in [-0.05, 0) is 37.5 Å². The van der Waals surface area contributed by atoms with Crippen molar-refractivity contribution in [2.24, 2.45) is 0 Å². The molecule has 3 rings (SSSR count). The molecule has 10 heteroatoms. The summed E-state index contributed by atoms with van der Waals surface area (Å²) in [6.07, 6.45) is 0.414. The number of rotatable bonds is 8. The van der Waals surface area contributed by atoms with Gasteiger partial charge in [-0.3, -0.25) is 19.0 Å². The van der Waals surface area contributed by atoms with Gasteiger partial charge in [0.2, 0.25) is 0 Å². The van der Waals surface area contributed by atoms with Gasteiger partial charge >= 0.3 is 11.7 Å². The fraction of sp³-hybridized carbons (Fsp3) is 0.333. The molecule has 0 bridgehead atoms. The third-order valence-electron chi connectivity index (χ3n) is 4.93. The topological polar surface area (TPSA) is 120 Å². The Hall–Kier alpha value is -3.40. The van der Waals surface area contributed by atoms with Crippen molar-refractivity contribution in [1.29, 1.82) is 0 Å². The van der Waals surface area contributed by atoms with E-state index in [1.54, 1.807) is 21.0 Å². The number of thiophene rings is 1. The lowest BCUT2D eigenvalue weighted by Gasteiger charge is -2.12. The molecule has 0 aliphatic heterocycles. The minimum absolute atomic E-state index is 0.185. The number of aliphatic carboxylic acids is 1. The summed E-state index contributed by atoms with van der Waals surface area (Å²) in [6.45, 7) is 3.25. The molecule has 1 aromatic carbocycles. The highest BCUT2D eigenvalue weighted by molar-refractivity contribution is 7.20. The van der Waals surface area contributed by atoms with E-state index >= 15 is 0 Å². The second-order valence-corrected chi connectivity index (χ2v) is 7.88. The predicted molar refractivity (Wildman–Crippen MR) is 117 cm³/mol. The first-order chi connectivity index (χ1) is 14.8. The second kappa shape index (κ2) is 9.17. The summed E-state index contributed by atoms with van der Waals surface area (Å²) in [5.41, 5.74) is -0.141. The van der Waals surface area contributed by atoms with Crippen molar-refractivity contribution < 1.29 is 19.4 Å². The van der Waals surface area contributed by atoms with Crippen molar-refractivity contribution in [3.05, 3.63) is 61.1 Å². The van der Waals surface area contributed by atoms with Gasteiger partial charge in [-0.1, -0.05) is 18.2 Å². The number of carboxylic acid groups (broad SMARTS) is 1. The van der Waals surface area contributed by atoms with E-state index in [4.69, 9.17) is 4.74 Å². The molecule has 2 heterocycles. The van der Waals surface area contributed by atoms with Crippen molar-refractivity contribution in [2.45, 2.75) is 33.4 Å². The van der Waals surface area contributed by atoms with Crippen molar-refractivity contribution in [1.82, 2.24) is 14.5 Å². The molecule has 3 aromatic rings. The molecule has 0 aliphatic carbocycles. The Balaban J connectivity index is 2.21. The number of benzene rings is 1. The molecule has 0 spiro atoms. The molecule has 0 saturated carbocycles. The van der Waals surface area contributed by atoms with Crippen LogP contribution in [0.4, 0.5) is 0 Å². The second-order valence-electron chi connectivity index (χ2n) is 6.88. The summed E-state index contributed by atoms with van der Waals surface area (Å²) in [7, 11) is 1.55. The van der Waals surface area contributed by atoms with Gasteiger partial charge in [-0.2, -0.15) is 0 Å². The number of amides is 1. The van der Waals surface area contributed by atoms with Crippen LogP contribution in [0.15, 0.2) is 33.9 Å². The highest BCUT2D eigenvalue weighted by atomic mass is 32.1. The summed E-state index contributed by atoms with van der Waals surface area (Å²) in [6, 6.07) is 7.36. The molecule has 2 aromatic heterocycles. The zero-order valence-electron chi connectivity index (χ0n) is 17.4. The van der Waals surface area contributed by atoms with Gasteiger partial charge in [0.15, 0.2) is 0 Å². The normalized spacial score (nSPS) is 10.9. The first-order valence-corrected chi connectivity index (χ1v) is 10.5. The molecule has 31 heavy (non-hydrogen) atoms. The third kappa shape index (κ3) is 4.24.